The first-order valence-corrected chi connectivity index (χ1v) is 10.5. The Kier molecular flexibility index (Phi) is 7.95. The molecule has 1 aliphatic heterocycles. The molecule has 1 aromatic heterocycles. The van der Waals surface area contributed by atoms with Crippen LogP contribution >= 0.6 is 11.6 Å². The van der Waals surface area contributed by atoms with Gasteiger partial charge in [0.05, 0.1) is 5.69 Å². The number of ether oxygens (including phenoxy) is 1. The summed E-state index contributed by atoms with van der Waals surface area (Å²) in [4.78, 5) is 6.71. The van der Waals surface area contributed by atoms with Gasteiger partial charge in [0, 0.05) is 25.9 Å². The molecule has 3 rings (SSSR count). The van der Waals surface area contributed by atoms with Crippen LogP contribution in [0.4, 0.5) is 11.5 Å². The summed E-state index contributed by atoms with van der Waals surface area (Å²) in [5, 5.41) is 0.648. The van der Waals surface area contributed by atoms with E-state index < -0.39 is 0 Å². The molecule has 0 amide bonds. The quantitative estimate of drug-likeness (QED) is 0.349. The molecule has 28 heavy (non-hydrogen) atoms. The van der Waals surface area contributed by atoms with Gasteiger partial charge in [0.25, 0.3) is 0 Å². The lowest BCUT2D eigenvalue weighted by atomic mass is 9.89. The van der Waals surface area contributed by atoms with Gasteiger partial charge in [-0.3, -0.25) is 0 Å². The van der Waals surface area contributed by atoms with Gasteiger partial charge in [-0.05, 0) is 42.7 Å². The van der Waals surface area contributed by atoms with Crippen LogP contribution in [0.1, 0.15) is 44.6 Å². The lowest BCUT2D eigenvalue weighted by molar-refractivity contribution is 0.112. The molecule has 0 unspecified atom stereocenters. The number of nitrogens with one attached hydrogen (secondary N) is 2. The molecule has 0 saturated carbocycles. The molecule has 0 radical (unpaired) electrons. The highest BCUT2D eigenvalue weighted by molar-refractivity contribution is 6.35. The van der Waals surface area contributed by atoms with E-state index in [9.17, 15) is 0 Å². The van der Waals surface area contributed by atoms with E-state index >= 15 is 0 Å². The zero-order valence-electron chi connectivity index (χ0n) is 16.8. The first-order valence-electron chi connectivity index (χ1n) is 10.2. The van der Waals surface area contributed by atoms with Crippen LogP contribution in [0.15, 0.2) is 42.6 Å². The van der Waals surface area contributed by atoms with Crippen LogP contribution in [0.3, 0.4) is 0 Å². The van der Waals surface area contributed by atoms with E-state index in [4.69, 9.17) is 16.3 Å². The van der Waals surface area contributed by atoms with Crippen molar-refractivity contribution in [1.82, 2.24) is 10.4 Å². The molecule has 1 aromatic carbocycles. The van der Waals surface area contributed by atoms with Crippen molar-refractivity contribution in [3.63, 3.8) is 0 Å². The second-order valence-corrected chi connectivity index (χ2v) is 8.08. The van der Waals surface area contributed by atoms with Crippen molar-refractivity contribution in [2.75, 3.05) is 36.8 Å². The van der Waals surface area contributed by atoms with Crippen molar-refractivity contribution in [2.45, 2.75) is 39.0 Å². The topological polar surface area (TPSA) is 49.4 Å². The number of pyridine rings is 1. The van der Waals surface area contributed by atoms with Gasteiger partial charge in [-0.1, -0.05) is 55.8 Å². The number of aromatic nitrogens is 1. The third-order valence-corrected chi connectivity index (χ3v) is 5.57. The minimum Gasteiger partial charge on any atom is -0.370 e. The normalized spacial score (nSPS) is 15.2. The highest BCUT2D eigenvalue weighted by atomic mass is 35.5. The fourth-order valence-corrected chi connectivity index (χ4v) is 3.78. The summed E-state index contributed by atoms with van der Waals surface area (Å²) >= 11 is 6.63. The molecule has 0 aliphatic carbocycles. The minimum absolute atomic E-state index is 0.414. The predicted octanol–water partition coefficient (Wildman–Crippen LogP) is 5.06. The second-order valence-electron chi connectivity index (χ2n) is 7.70. The van der Waals surface area contributed by atoms with Crippen LogP contribution in [0.5, 0.6) is 0 Å². The Bertz CT molecular complexity index is 718. The van der Waals surface area contributed by atoms with Gasteiger partial charge in [-0.15, -0.1) is 0 Å². The van der Waals surface area contributed by atoms with E-state index in [1.165, 1.54) is 5.56 Å². The number of hydrogen-bond acceptors (Lipinski definition) is 5. The highest BCUT2D eigenvalue weighted by Gasteiger charge is 2.23. The van der Waals surface area contributed by atoms with Gasteiger partial charge < -0.3 is 15.1 Å². The molecule has 152 valence electrons. The largest absolute Gasteiger partial charge is 0.370 e. The van der Waals surface area contributed by atoms with Crippen LogP contribution in [0.25, 0.3) is 0 Å². The zero-order chi connectivity index (χ0) is 19.8. The fraction of sp³-hybridized carbons (Fsp3) is 0.500. The minimum atomic E-state index is 0.414. The Morgan fingerprint density at radius 3 is 2.64 bits per heavy atom. The third kappa shape index (κ3) is 5.84. The summed E-state index contributed by atoms with van der Waals surface area (Å²) in [5.74, 6) is 1.91. The number of anilines is 2. The lowest BCUT2D eigenvalue weighted by Gasteiger charge is -2.34. The summed E-state index contributed by atoms with van der Waals surface area (Å²) in [6.45, 7) is 7.52. The predicted molar refractivity (Wildman–Crippen MR) is 117 cm³/mol. The number of piperidine rings is 1. The summed E-state index contributed by atoms with van der Waals surface area (Å²) in [5.41, 5.74) is 8.58. The van der Waals surface area contributed by atoms with E-state index in [-0.39, 0.29) is 0 Å². The molecule has 0 spiro atoms. The maximum Gasteiger partial charge on any atom is 0.161 e. The summed E-state index contributed by atoms with van der Waals surface area (Å²) in [6.07, 6.45) is 5.12. The first-order chi connectivity index (χ1) is 13.6. The van der Waals surface area contributed by atoms with Crippen LogP contribution in [-0.2, 0) is 4.74 Å². The van der Waals surface area contributed by atoms with Crippen LogP contribution in [-0.4, -0.2) is 31.4 Å². The number of hydrazine groups is 1. The monoisotopic (exact) mass is 402 g/mol. The van der Waals surface area contributed by atoms with Crippen LogP contribution in [0, 0.1) is 5.92 Å². The number of rotatable bonds is 9. The molecule has 2 heterocycles. The third-order valence-electron chi connectivity index (χ3n) is 5.20. The zero-order valence-corrected chi connectivity index (χ0v) is 17.6. The van der Waals surface area contributed by atoms with E-state index in [2.05, 4.69) is 64.9 Å². The van der Waals surface area contributed by atoms with Gasteiger partial charge in [-0.25, -0.2) is 10.4 Å². The van der Waals surface area contributed by atoms with E-state index in [1.54, 1.807) is 6.20 Å². The Labute approximate surface area is 173 Å². The van der Waals surface area contributed by atoms with Crippen molar-refractivity contribution in [2.24, 2.45) is 5.92 Å². The van der Waals surface area contributed by atoms with Crippen LogP contribution < -0.4 is 15.8 Å². The smallest absolute Gasteiger partial charge is 0.161 e. The molecule has 0 bridgehead atoms. The molecule has 0 atom stereocenters. The summed E-state index contributed by atoms with van der Waals surface area (Å²) in [7, 11) is 0. The molecule has 1 fully saturated rings. The number of benzene rings is 1. The molecule has 1 saturated heterocycles. The molecule has 1 aliphatic rings. The Hall–Kier alpha value is -1.82. The lowest BCUT2D eigenvalue weighted by Crippen LogP contribution is -2.33. The number of hydrogen-bond donors (Lipinski definition) is 2. The SMILES string of the molecule is CC(C)CCOCNNc1nccc(N2CCC(c3ccccc3)CC2)c1Cl. The van der Waals surface area contributed by atoms with Crippen molar-refractivity contribution in [3.8, 4) is 0 Å². The Morgan fingerprint density at radius 2 is 1.93 bits per heavy atom. The standard InChI is InChI=1S/C22H31ClN4O/c1-17(2)11-15-28-16-25-26-22-21(23)20(8-12-24-22)27-13-9-19(10-14-27)18-6-4-3-5-7-18/h3-8,12,17,19,25H,9-11,13-16H2,1-2H3,(H,24,26). The number of nitrogens with zero attached hydrogens (tertiary/aromatic N) is 2. The molecule has 2 N–H and O–H groups in total. The Morgan fingerprint density at radius 1 is 1.18 bits per heavy atom. The van der Waals surface area contributed by atoms with Crippen molar-refractivity contribution in [1.29, 1.82) is 0 Å². The first kappa shape index (κ1) is 20.9. The maximum absolute atomic E-state index is 6.63. The molecular formula is C22H31ClN4O. The molecule has 2 aromatic rings. The van der Waals surface area contributed by atoms with Crippen molar-refractivity contribution >= 4 is 23.1 Å². The molecule has 5 nitrogen and oxygen atoms in total. The van der Waals surface area contributed by atoms with E-state index in [0.717, 1.165) is 44.6 Å². The van der Waals surface area contributed by atoms with Gasteiger partial charge >= 0.3 is 0 Å². The van der Waals surface area contributed by atoms with E-state index in [1.807, 2.05) is 6.07 Å². The van der Waals surface area contributed by atoms with Gasteiger partial charge in [0.2, 0.25) is 0 Å². The summed E-state index contributed by atoms with van der Waals surface area (Å²) in [6, 6.07) is 12.8. The van der Waals surface area contributed by atoms with Gasteiger partial charge in [0.15, 0.2) is 5.82 Å². The highest BCUT2D eigenvalue weighted by Crippen LogP contribution is 2.35. The number of halogens is 1. The maximum atomic E-state index is 6.63. The van der Waals surface area contributed by atoms with Crippen LogP contribution in [0.2, 0.25) is 5.02 Å². The van der Waals surface area contributed by atoms with Crippen molar-refractivity contribution < 1.29 is 4.74 Å². The second kappa shape index (κ2) is 10.6. The van der Waals surface area contributed by atoms with Gasteiger partial charge in [-0.2, -0.15) is 0 Å². The summed E-state index contributed by atoms with van der Waals surface area (Å²) < 4.78 is 5.55. The van der Waals surface area contributed by atoms with E-state index in [0.29, 0.717) is 29.4 Å². The van der Waals surface area contributed by atoms with Crippen molar-refractivity contribution in [3.05, 3.63) is 53.2 Å². The Balaban J connectivity index is 1.50. The molecule has 6 heteroatoms. The average molecular weight is 403 g/mol. The van der Waals surface area contributed by atoms with Gasteiger partial charge in [0.1, 0.15) is 11.8 Å². The fourth-order valence-electron chi connectivity index (χ4n) is 3.51. The average Bonchev–Trinajstić information content (AvgIpc) is 2.72. The molecular weight excluding hydrogens is 372 g/mol.